The summed E-state index contributed by atoms with van der Waals surface area (Å²) in [4.78, 5) is 0. The summed E-state index contributed by atoms with van der Waals surface area (Å²) < 4.78 is 23.8. The number of rotatable bonds is 4. The van der Waals surface area contributed by atoms with Gasteiger partial charge in [0.1, 0.15) is 6.10 Å². The minimum atomic E-state index is -2.64. The Morgan fingerprint density at radius 1 is 1.62 bits per heavy atom. The highest BCUT2D eigenvalue weighted by molar-refractivity contribution is 8.00. The van der Waals surface area contributed by atoms with Gasteiger partial charge < -0.3 is 10.4 Å². The van der Waals surface area contributed by atoms with E-state index in [2.05, 4.69) is 12.2 Å². The van der Waals surface area contributed by atoms with E-state index >= 15 is 0 Å². The number of aliphatic hydroxyl groups is 1. The molecule has 1 fully saturated rings. The van der Waals surface area contributed by atoms with Gasteiger partial charge in [-0.05, 0) is 12.2 Å². The molecule has 0 amide bonds. The second kappa shape index (κ2) is 5.12. The molecule has 1 heterocycles. The summed E-state index contributed by atoms with van der Waals surface area (Å²) in [5.74, 6) is 1.07. The van der Waals surface area contributed by atoms with Crippen LogP contribution >= 0.6 is 11.8 Å². The molecule has 1 aliphatic heterocycles. The number of hydrogen-bond acceptors (Lipinski definition) is 3. The zero-order valence-corrected chi connectivity index (χ0v) is 8.36. The highest BCUT2D eigenvalue weighted by Gasteiger charge is 2.25. The standard InChI is InChI=1S/C8H15F2NOS/c1-5-6(2-3-13-5)11-4-7(12)8(9)10/h5-8,11-12H,2-4H2,1H3. The molecule has 78 valence electrons. The van der Waals surface area contributed by atoms with Gasteiger partial charge in [0.05, 0.1) is 0 Å². The van der Waals surface area contributed by atoms with Crippen molar-refractivity contribution in [2.24, 2.45) is 0 Å². The van der Waals surface area contributed by atoms with Crippen molar-refractivity contribution in [2.75, 3.05) is 12.3 Å². The predicted octanol–water partition coefficient (Wildman–Crippen LogP) is 1.10. The fourth-order valence-electron chi connectivity index (χ4n) is 1.36. The molecule has 2 nitrogen and oxygen atoms in total. The van der Waals surface area contributed by atoms with Crippen molar-refractivity contribution in [3.8, 4) is 0 Å². The summed E-state index contributed by atoms with van der Waals surface area (Å²) in [5, 5.41) is 12.3. The largest absolute Gasteiger partial charge is 0.386 e. The minimum absolute atomic E-state index is 0.00671. The van der Waals surface area contributed by atoms with E-state index in [1.807, 2.05) is 11.8 Å². The summed E-state index contributed by atoms with van der Waals surface area (Å²) in [7, 11) is 0. The maximum atomic E-state index is 11.9. The summed E-state index contributed by atoms with van der Waals surface area (Å²) in [6, 6.07) is 0.276. The first-order chi connectivity index (χ1) is 6.11. The van der Waals surface area contributed by atoms with E-state index in [4.69, 9.17) is 5.11 Å². The Balaban J connectivity index is 2.18. The van der Waals surface area contributed by atoms with Crippen LogP contribution in [0.1, 0.15) is 13.3 Å². The van der Waals surface area contributed by atoms with Crippen LogP contribution in [-0.2, 0) is 0 Å². The molecule has 3 unspecified atom stereocenters. The van der Waals surface area contributed by atoms with Gasteiger partial charge in [-0.1, -0.05) is 6.92 Å². The van der Waals surface area contributed by atoms with Crippen LogP contribution in [0.2, 0.25) is 0 Å². The van der Waals surface area contributed by atoms with Crippen LogP contribution in [0.3, 0.4) is 0 Å². The summed E-state index contributed by atoms with van der Waals surface area (Å²) in [6.45, 7) is 2.07. The molecule has 5 heteroatoms. The molecule has 13 heavy (non-hydrogen) atoms. The molecule has 0 aromatic rings. The van der Waals surface area contributed by atoms with Crippen molar-refractivity contribution in [1.82, 2.24) is 5.32 Å². The zero-order valence-electron chi connectivity index (χ0n) is 7.54. The quantitative estimate of drug-likeness (QED) is 0.730. The minimum Gasteiger partial charge on any atom is -0.386 e. The van der Waals surface area contributed by atoms with Gasteiger partial charge in [0.25, 0.3) is 6.43 Å². The summed E-state index contributed by atoms with van der Waals surface area (Å²) in [5.41, 5.74) is 0. The number of hydrogen-bond donors (Lipinski definition) is 2. The SMILES string of the molecule is CC1SCCC1NCC(O)C(F)F. The fraction of sp³-hybridized carbons (Fsp3) is 1.00. The zero-order chi connectivity index (χ0) is 9.84. The lowest BCUT2D eigenvalue weighted by atomic mass is 10.1. The maximum Gasteiger partial charge on any atom is 0.265 e. The van der Waals surface area contributed by atoms with Crippen molar-refractivity contribution < 1.29 is 13.9 Å². The fourth-order valence-corrected chi connectivity index (χ4v) is 2.59. The third kappa shape index (κ3) is 3.40. The number of thioether (sulfide) groups is 1. The van der Waals surface area contributed by atoms with Crippen LogP contribution in [0.25, 0.3) is 0 Å². The molecule has 0 aromatic carbocycles. The van der Waals surface area contributed by atoms with Crippen LogP contribution in [0, 0.1) is 0 Å². The molecule has 0 spiro atoms. The summed E-state index contributed by atoms with van der Waals surface area (Å²) in [6.07, 6.45) is -3.17. The van der Waals surface area contributed by atoms with Crippen molar-refractivity contribution >= 4 is 11.8 Å². The molecule has 0 aliphatic carbocycles. The Morgan fingerprint density at radius 2 is 2.31 bits per heavy atom. The van der Waals surface area contributed by atoms with Gasteiger partial charge in [0, 0.05) is 17.8 Å². The second-order valence-corrected chi connectivity index (χ2v) is 4.77. The molecule has 0 bridgehead atoms. The Hall–Kier alpha value is 0.130. The van der Waals surface area contributed by atoms with Gasteiger partial charge in [-0.2, -0.15) is 11.8 Å². The van der Waals surface area contributed by atoms with Gasteiger partial charge in [-0.25, -0.2) is 8.78 Å². The topological polar surface area (TPSA) is 32.3 Å². The highest BCUT2D eigenvalue weighted by Crippen LogP contribution is 2.25. The Kier molecular flexibility index (Phi) is 4.41. The first-order valence-corrected chi connectivity index (χ1v) is 5.47. The van der Waals surface area contributed by atoms with E-state index in [0.717, 1.165) is 12.2 Å². The van der Waals surface area contributed by atoms with E-state index < -0.39 is 12.5 Å². The Labute approximate surface area is 81.1 Å². The molecule has 3 atom stereocenters. The molecule has 1 saturated heterocycles. The third-order valence-corrected chi connectivity index (χ3v) is 3.58. The smallest absolute Gasteiger partial charge is 0.265 e. The average Bonchev–Trinajstić information content (AvgIpc) is 2.47. The molecular weight excluding hydrogens is 196 g/mol. The Bertz CT molecular complexity index is 159. The first-order valence-electron chi connectivity index (χ1n) is 4.42. The van der Waals surface area contributed by atoms with Crippen LogP contribution in [0.5, 0.6) is 0 Å². The van der Waals surface area contributed by atoms with Gasteiger partial charge >= 0.3 is 0 Å². The number of alkyl halides is 2. The van der Waals surface area contributed by atoms with Crippen molar-refractivity contribution in [3.63, 3.8) is 0 Å². The molecule has 2 N–H and O–H groups in total. The Morgan fingerprint density at radius 3 is 2.77 bits per heavy atom. The highest BCUT2D eigenvalue weighted by atomic mass is 32.2. The van der Waals surface area contributed by atoms with Gasteiger partial charge in [-0.15, -0.1) is 0 Å². The number of aliphatic hydroxyl groups excluding tert-OH is 1. The molecule has 1 aliphatic rings. The van der Waals surface area contributed by atoms with Crippen LogP contribution in [-0.4, -0.2) is 41.2 Å². The van der Waals surface area contributed by atoms with Crippen molar-refractivity contribution in [2.45, 2.75) is 37.2 Å². The first kappa shape index (κ1) is 11.2. The lowest BCUT2D eigenvalue weighted by Gasteiger charge is -2.18. The van der Waals surface area contributed by atoms with Crippen LogP contribution in [0.15, 0.2) is 0 Å². The second-order valence-electron chi connectivity index (χ2n) is 3.28. The molecule has 0 saturated carbocycles. The average molecular weight is 211 g/mol. The summed E-state index contributed by atoms with van der Waals surface area (Å²) >= 11 is 1.83. The van der Waals surface area contributed by atoms with Gasteiger partial charge in [-0.3, -0.25) is 0 Å². The van der Waals surface area contributed by atoms with E-state index in [1.54, 1.807) is 0 Å². The monoisotopic (exact) mass is 211 g/mol. The van der Waals surface area contributed by atoms with E-state index in [-0.39, 0.29) is 12.6 Å². The van der Waals surface area contributed by atoms with Crippen molar-refractivity contribution in [3.05, 3.63) is 0 Å². The normalized spacial score (nSPS) is 31.2. The van der Waals surface area contributed by atoms with Crippen LogP contribution < -0.4 is 5.32 Å². The number of nitrogens with one attached hydrogen (secondary N) is 1. The molecule has 0 radical (unpaired) electrons. The van der Waals surface area contributed by atoms with Crippen LogP contribution in [0.4, 0.5) is 8.78 Å². The van der Waals surface area contributed by atoms with Crippen molar-refractivity contribution in [1.29, 1.82) is 0 Å². The third-order valence-electron chi connectivity index (χ3n) is 2.26. The predicted molar refractivity (Wildman–Crippen MR) is 50.3 cm³/mol. The van der Waals surface area contributed by atoms with Gasteiger partial charge in [0.15, 0.2) is 0 Å². The van der Waals surface area contributed by atoms with E-state index in [0.29, 0.717) is 5.25 Å². The molecular formula is C8H15F2NOS. The van der Waals surface area contributed by atoms with E-state index in [9.17, 15) is 8.78 Å². The lowest BCUT2D eigenvalue weighted by Crippen LogP contribution is -2.40. The maximum absolute atomic E-state index is 11.9. The molecule has 0 aromatic heterocycles. The van der Waals surface area contributed by atoms with Gasteiger partial charge in [0.2, 0.25) is 0 Å². The number of halogens is 2. The lowest BCUT2D eigenvalue weighted by molar-refractivity contribution is -0.00452. The molecule has 1 rings (SSSR count). The van der Waals surface area contributed by atoms with E-state index in [1.165, 1.54) is 0 Å².